The minimum absolute atomic E-state index is 0.426. The number of rotatable bonds is 0. The third kappa shape index (κ3) is 1.49. The van der Waals surface area contributed by atoms with Gasteiger partial charge in [0.15, 0.2) is 0 Å². The summed E-state index contributed by atoms with van der Waals surface area (Å²) in [6.45, 7) is 0.964. The lowest BCUT2D eigenvalue weighted by Crippen LogP contribution is -2.43. The van der Waals surface area contributed by atoms with Crippen molar-refractivity contribution in [2.75, 3.05) is 0 Å². The van der Waals surface area contributed by atoms with Crippen molar-refractivity contribution < 1.29 is 4.79 Å². The zero-order valence-electron chi connectivity index (χ0n) is 8.70. The first-order valence-corrected chi connectivity index (χ1v) is 5.67. The number of nitrogens with one attached hydrogen (secondary N) is 1. The van der Waals surface area contributed by atoms with Crippen molar-refractivity contribution in [2.45, 2.75) is 37.8 Å². The van der Waals surface area contributed by atoms with Crippen LogP contribution in [0.5, 0.6) is 0 Å². The Balaban J connectivity index is 2.00. The molecule has 3 rings (SSSR count). The first kappa shape index (κ1) is 9.10. The van der Waals surface area contributed by atoms with Crippen LogP contribution in [0.2, 0.25) is 0 Å². The Labute approximate surface area is 89.7 Å². The number of Topliss-reactive ketones (excluding diaryl/α,β-unsaturated/α-hetero) is 1. The van der Waals surface area contributed by atoms with E-state index in [1.165, 1.54) is 11.1 Å². The highest BCUT2D eigenvalue weighted by Gasteiger charge is 2.33. The van der Waals surface area contributed by atoms with Gasteiger partial charge in [0.25, 0.3) is 0 Å². The molecule has 2 heteroatoms. The molecule has 1 aliphatic heterocycles. The Morgan fingerprint density at radius 3 is 3.07 bits per heavy atom. The first-order chi connectivity index (χ1) is 7.34. The predicted molar refractivity (Wildman–Crippen MR) is 58.7 cm³/mol. The third-order valence-electron chi connectivity index (χ3n) is 3.68. The van der Waals surface area contributed by atoms with Gasteiger partial charge < -0.3 is 5.32 Å². The van der Waals surface area contributed by atoms with Gasteiger partial charge in [-0.15, -0.1) is 0 Å². The van der Waals surface area contributed by atoms with Gasteiger partial charge in [-0.25, -0.2) is 0 Å². The number of hydrogen-bond donors (Lipinski definition) is 1. The van der Waals surface area contributed by atoms with Crippen molar-refractivity contribution in [1.82, 2.24) is 5.32 Å². The highest BCUT2D eigenvalue weighted by atomic mass is 16.1. The molecule has 1 heterocycles. The maximum Gasteiger partial charge on any atom is 0.133 e. The van der Waals surface area contributed by atoms with E-state index in [1.807, 2.05) is 0 Å². The van der Waals surface area contributed by atoms with Gasteiger partial charge in [0.2, 0.25) is 0 Å². The summed E-state index contributed by atoms with van der Waals surface area (Å²) in [6.07, 6.45) is 2.50. The van der Waals surface area contributed by atoms with E-state index >= 15 is 0 Å². The summed E-state index contributed by atoms with van der Waals surface area (Å²) >= 11 is 0. The van der Waals surface area contributed by atoms with E-state index < -0.39 is 0 Å². The summed E-state index contributed by atoms with van der Waals surface area (Å²) in [5.74, 6) is 0.853. The molecule has 0 aromatic heterocycles. The minimum atomic E-state index is 0.426. The third-order valence-corrected chi connectivity index (χ3v) is 3.68. The number of hydrogen-bond acceptors (Lipinski definition) is 2. The average molecular weight is 201 g/mol. The van der Waals surface area contributed by atoms with E-state index in [2.05, 4.69) is 29.6 Å². The summed E-state index contributed by atoms with van der Waals surface area (Å²) in [7, 11) is 0. The van der Waals surface area contributed by atoms with E-state index in [0.717, 1.165) is 25.8 Å². The monoisotopic (exact) mass is 201 g/mol. The lowest BCUT2D eigenvalue weighted by molar-refractivity contribution is -0.121. The molecule has 78 valence electrons. The molecule has 1 saturated carbocycles. The number of ketones is 1. The molecule has 1 fully saturated rings. The highest BCUT2D eigenvalue weighted by molar-refractivity contribution is 5.80. The van der Waals surface area contributed by atoms with Crippen molar-refractivity contribution >= 4 is 5.78 Å². The smallest absolute Gasteiger partial charge is 0.133 e. The fraction of sp³-hybridized carbons (Fsp3) is 0.462. The van der Waals surface area contributed by atoms with Crippen LogP contribution in [0.1, 0.15) is 36.3 Å². The molecule has 1 aromatic carbocycles. The van der Waals surface area contributed by atoms with Crippen LogP contribution >= 0.6 is 0 Å². The summed E-state index contributed by atoms with van der Waals surface area (Å²) in [5.41, 5.74) is 2.77. The number of benzene rings is 1. The van der Waals surface area contributed by atoms with E-state index in [4.69, 9.17) is 0 Å². The lowest BCUT2D eigenvalue weighted by Gasteiger charge is -2.37. The van der Waals surface area contributed by atoms with Crippen molar-refractivity contribution in [3.8, 4) is 0 Å². The summed E-state index contributed by atoms with van der Waals surface area (Å²) in [6, 6.07) is 9.04. The molecular formula is C13H15NO. The first-order valence-electron chi connectivity index (χ1n) is 5.67. The fourth-order valence-corrected chi connectivity index (χ4v) is 2.88. The highest BCUT2D eigenvalue weighted by Crippen LogP contribution is 2.36. The van der Waals surface area contributed by atoms with Crippen molar-refractivity contribution in [1.29, 1.82) is 0 Å². The molecule has 2 nitrogen and oxygen atoms in total. The van der Waals surface area contributed by atoms with Crippen LogP contribution in [-0.4, -0.2) is 11.8 Å². The topological polar surface area (TPSA) is 29.1 Å². The molecule has 1 aromatic rings. The molecule has 1 N–H and O–H groups in total. The molecule has 15 heavy (non-hydrogen) atoms. The van der Waals surface area contributed by atoms with Gasteiger partial charge in [-0.2, -0.15) is 0 Å². The maximum atomic E-state index is 11.5. The fourth-order valence-electron chi connectivity index (χ4n) is 2.88. The van der Waals surface area contributed by atoms with Gasteiger partial charge in [-0.3, -0.25) is 4.79 Å². The van der Waals surface area contributed by atoms with Crippen molar-refractivity contribution in [3.05, 3.63) is 35.4 Å². The Hall–Kier alpha value is -1.15. The average Bonchev–Trinajstić information content (AvgIpc) is 2.29. The van der Waals surface area contributed by atoms with Gasteiger partial charge in [0.1, 0.15) is 5.78 Å². The van der Waals surface area contributed by atoms with Crippen LogP contribution in [0.4, 0.5) is 0 Å². The summed E-state index contributed by atoms with van der Waals surface area (Å²) in [4.78, 5) is 11.5. The van der Waals surface area contributed by atoms with E-state index in [-0.39, 0.29) is 0 Å². The van der Waals surface area contributed by atoms with Crippen molar-refractivity contribution in [2.24, 2.45) is 0 Å². The number of carbonyl (C=O) groups is 1. The Kier molecular flexibility index (Phi) is 2.10. The predicted octanol–water partition coefficient (Wildman–Crippen LogP) is 2.00. The molecule has 0 saturated heterocycles. The second-order valence-electron chi connectivity index (χ2n) is 4.57. The maximum absolute atomic E-state index is 11.5. The van der Waals surface area contributed by atoms with Gasteiger partial charge in [0.05, 0.1) is 0 Å². The second kappa shape index (κ2) is 3.46. The standard InChI is InChI=1S/C13H15NO/c15-10-5-6-13-12(7-10)11-4-2-1-3-9(11)8-14-13/h1-4,12-14H,5-8H2. The SMILES string of the molecule is O=C1CCC2NCc3ccccc3C2C1. The second-order valence-corrected chi connectivity index (χ2v) is 4.57. The van der Waals surface area contributed by atoms with E-state index in [0.29, 0.717) is 17.7 Å². The quantitative estimate of drug-likeness (QED) is 0.695. The number of carbonyl (C=O) groups excluding carboxylic acids is 1. The lowest BCUT2D eigenvalue weighted by atomic mass is 9.75. The summed E-state index contributed by atoms with van der Waals surface area (Å²) in [5, 5.41) is 3.55. The van der Waals surface area contributed by atoms with Crippen LogP contribution in [0.15, 0.2) is 24.3 Å². The van der Waals surface area contributed by atoms with Crippen LogP contribution in [0.25, 0.3) is 0 Å². The molecule has 2 unspecified atom stereocenters. The minimum Gasteiger partial charge on any atom is -0.309 e. The molecule has 0 radical (unpaired) electrons. The van der Waals surface area contributed by atoms with E-state index in [1.54, 1.807) is 0 Å². The van der Waals surface area contributed by atoms with Gasteiger partial charge in [0, 0.05) is 31.3 Å². The van der Waals surface area contributed by atoms with Crippen LogP contribution < -0.4 is 5.32 Å². The molecule has 1 aliphatic carbocycles. The Morgan fingerprint density at radius 2 is 2.13 bits per heavy atom. The van der Waals surface area contributed by atoms with Gasteiger partial charge in [-0.1, -0.05) is 24.3 Å². The van der Waals surface area contributed by atoms with Gasteiger partial charge >= 0.3 is 0 Å². The zero-order chi connectivity index (χ0) is 10.3. The van der Waals surface area contributed by atoms with Crippen LogP contribution in [0.3, 0.4) is 0 Å². The van der Waals surface area contributed by atoms with Crippen LogP contribution in [-0.2, 0) is 11.3 Å². The Morgan fingerprint density at radius 1 is 1.27 bits per heavy atom. The molecule has 0 spiro atoms. The van der Waals surface area contributed by atoms with Crippen molar-refractivity contribution in [3.63, 3.8) is 0 Å². The molecule has 0 amide bonds. The van der Waals surface area contributed by atoms with E-state index in [9.17, 15) is 4.79 Å². The number of fused-ring (bicyclic) bond motifs is 3. The molecular weight excluding hydrogens is 186 g/mol. The Bertz CT molecular complexity index is 399. The molecule has 0 bridgehead atoms. The summed E-state index contributed by atoms with van der Waals surface area (Å²) < 4.78 is 0. The normalized spacial score (nSPS) is 29.5. The zero-order valence-corrected chi connectivity index (χ0v) is 8.70. The van der Waals surface area contributed by atoms with Gasteiger partial charge in [-0.05, 0) is 17.5 Å². The molecule has 2 atom stereocenters. The largest absolute Gasteiger partial charge is 0.309 e. The molecule has 2 aliphatic rings. The van der Waals surface area contributed by atoms with Crippen LogP contribution in [0, 0.1) is 0 Å².